The van der Waals surface area contributed by atoms with Gasteiger partial charge in [0.15, 0.2) is 0 Å². The van der Waals surface area contributed by atoms with Crippen molar-refractivity contribution in [3.63, 3.8) is 0 Å². The molecule has 5 heteroatoms. The average Bonchev–Trinajstić information content (AvgIpc) is 2.55. The lowest BCUT2D eigenvalue weighted by molar-refractivity contribution is 1.23. The number of nitrogens with two attached hydrogens (primary N) is 1. The van der Waals surface area contributed by atoms with Crippen molar-refractivity contribution in [2.24, 2.45) is 0 Å². The van der Waals surface area contributed by atoms with Crippen molar-refractivity contribution in [3.8, 4) is 28.5 Å². The van der Waals surface area contributed by atoms with Crippen molar-refractivity contribution in [1.82, 2.24) is 9.97 Å². The number of nitrogens with one attached hydrogen (secondary N) is 1. The Balaban J connectivity index is 2.27. The number of anilines is 1. The van der Waals surface area contributed by atoms with Crippen LogP contribution in [-0.4, -0.2) is 9.97 Å². The molecule has 0 saturated carbocycles. The fraction of sp³-hybridized carbons (Fsp3) is 0.0556. The summed E-state index contributed by atoms with van der Waals surface area (Å²) in [5.74, 6) is 0.175. The number of nitrogens with zero attached hydrogens (tertiary/aromatic N) is 2. The van der Waals surface area contributed by atoms with Crippen LogP contribution in [-0.2, 0) is 0 Å². The standard InChI is InChI=1S/C18H14N4O/c1-11-4-2-3-5-13(11)16-8-14(15(9-19)18(20)22-16)12-6-7-17(23)21-10-12/h2-8,10H,1H3,(H2,20,22)(H,21,23). The number of nitrogen functional groups attached to an aromatic ring is 1. The molecule has 23 heavy (non-hydrogen) atoms. The Kier molecular flexibility index (Phi) is 3.65. The van der Waals surface area contributed by atoms with Crippen molar-refractivity contribution >= 4 is 5.82 Å². The van der Waals surface area contributed by atoms with Crippen LogP contribution in [0.1, 0.15) is 11.1 Å². The third kappa shape index (κ3) is 2.70. The topological polar surface area (TPSA) is 95.6 Å². The predicted molar refractivity (Wildman–Crippen MR) is 89.6 cm³/mol. The van der Waals surface area contributed by atoms with Gasteiger partial charge in [-0.3, -0.25) is 4.79 Å². The molecule has 5 nitrogen and oxygen atoms in total. The summed E-state index contributed by atoms with van der Waals surface area (Å²) in [7, 11) is 0. The molecular formula is C18H14N4O. The van der Waals surface area contributed by atoms with Crippen LogP contribution in [0.5, 0.6) is 0 Å². The first-order valence-electron chi connectivity index (χ1n) is 7.06. The summed E-state index contributed by atoms with van der Waals surface area (Å²) >= 11 is 0. The van der Waals surface area contributed by atoms with E-state index >= 15 is 0 Å². The Morgan fingerprint density at radius 2 is 1.96 bits per heavy atom. The van der Waals surface area contributed by atoms with Gasteiger partial charge in [0.1, 0.15) is 17.5 Å². The van der Waals surface area contributed by atoms with Gasteiger partial charge in [0.2, 0.25) is 5.56 Å². The van der Waals surface area contributed by atoms with Crippen molar-refractivity contribution in [1.29, 1.82) is 5.26 Å². The van der Waals surface area contributed by atoms with Gasteiger partial charge in [-0.2, -0.15) is 5.26 Å². The maximum absolute atomic E-state index is 11.2. The van der Waals surface area contributed by atoms with Gasteiger partial charge in [-0.15, -0.1) is 0 Å². The van der Waals surface area contributed by atoms with E-state index in [0.717, 1.165) is 11.1 Å². The van der Waals surface area contributed by atoms with Gasteiger partial charge in [0, 0.05) is 23.4 Å². The van der Waals surface area contributed by atoms with Gasteiger partial charge in [0.25, 0.3) is 0 Å². The molecule has 112 valence electrons. The smallest absolute Gasteiger partial charge is 0.247 e. The van der Waals surface area contributed by atoms with E-state index in [4.69, 9.17) is 5.73 Å². The third-order valence-electron chi connectivity index (χ3n) is 3.68. The van der Waals surface area contributed by atoms with Crippen molar-refractivity contribution in [2.45, 2.75) is 6.92 Å². The minimum Gasteiger partial charge on any atom is -0.383 e. The molecule has 0 aliphatic carbocycles. The summed E-state index contributed by atoms with van der Waals surface area (Å²) in [6, 6.07) is 14.8. The molecule has 0 spiro atoms. The lowest BCUT2D eigenvalue weighted by Crippen LogP contribution is -2.04. The van der Waals surface area contributed by atoms with Gasteiger partial charge in [-0.05, 0) is 30.2 Å². The molecule has 0 fully saturated rings. The fourth-order valence-corrected chi connectivity index (χ4v) is 2.49. The number of rotatable bonds is 2. The maximum atomic E-state index is 11.2. The summed E-state index contributed by atoms with van der Waals surface area (Å²) in [6.45, 7) is 1.99. The van der Waals surface area contributed by atoms with E-state index in [9.17, 15) is 10.1 Å². The molecule has 0 unspecified atom stereocenters. The molecule has 2 heterocycles. The van der Waals surface area contributed by atoms with E-state index < -0.39 is 0 Å². The first-order chi connectivity index (χ1) is 11.1. The lowest BCUT2D eigenvalue weighted by atomic mass is 9.98. The molecule has 0 saturated heterocycles. The summed E-state index contributed by atoms with van der Waals surface area (Å²) in [5, 5.41) is 9.39. The number of hydrogen-bond acceptors (Lipinski definition) is 4. The monoisotopic (exact) mass is 302 g/mol. The van der Waals surface area contributed by atoms with Crippen LogP contribution in [0.25, 0.3) is 22.4 Å². The average molecular weight is 302 g/mol. The molecule has 0 bridgehead atoms. The van der Waals surface area contributed by atoms with Crippen LogP contribution >= 0.6 is 0 Å². The summed E-state index contributed by atoms with van der Waals surface area (Å²) < 4.78 is 0. The van der Waals surface area contributed by atoms with Crippen LogP contribution in [0.3, 0.4) is 0 Å². The first-order valence-corrected chi connectivity index (χ1v) is 7.06. The second kappa shape index (κ2) is 5.78. The largest absolute Gasteiger partial charge is 0.383 e. The number of pyridine rings is 2. The minimum atomic E-state index is -0.201. The van der Waals surface area contributed by atoms with E-state index in [2.05, 4.69) is 16.0 Å². The van der Waals surface area contributed by atoms with E-state index in [1.807, 2.05) is 37.3 Å². The number of hydrogen-bond donors (Lipinski definition) is 2. The minimum absolute atomic E-state index is 0.175. The number of aryl methyl sites for hydroxylation is 1. The summed E-state index contributed by atoms with van der Waals surface area (Å²) in [4.78, 5) is 18.2. The normalized spacial score (nSPS) is 10.3. The van der Waals surface area contributed by atoms with Crippen molar-refractivity contribution < 1.29 is 0 Å². The molecule has 2 aromatic heterocycles. The Morgan fingerprint density at radius 3 is 2.61 bits per heavy atom. The van der Waals surface area contributed by atoms with Gasteiger partial charge >= 0.3 is 0 Å². The molecule has 3 rings (SSSR count). The second-order valence-corrected chi connectivity index (χ2v) is 5.18. The number of benzene rings is 1. The van der Waals surface area contributed by atoms with Crippen molar-refractivity contribution in [2.75, 3.05) is 5.73 Å². The van der Waals surface area contributed by atoms with Gasteiger partial charge in [-0.25, -0.2) is 4.98 Å². The Labute approximate surface area is 133 Å². The third-order valence-corrected chi connectivity index (χ3v) is 3.68. The quantitative estimate of drug-likeness (QED) is 0.760. The van der Waals surface area contributed by atoms with Crippen LogP contribution in [0, 0.1) is 18.3 Å². The molecule has 0 aliphatic heterocycles. The first kappa shape index (κ1) is 14.5. The highest BCUT2D eigenvalue weighted by molar-refractivity contribution is 5.80. The Morgan fingerprint density at radius 1 is 1.17 bits per heavy atom. The Bertz CT molecular complexity index is 963. The molecular weight excluding hydrogens is 288 g/mol. The summed E-state index contributed by atoms with van der Waals surface area (Å²) in [5.41, 5.74) is 10.2. The molecule has 3 N–H and O–H groups in total. The molecule has 1 aromatic carbocycles. The fourth-order valence-electron chi connectivity index (χ4n) is 2.49. The number of H-pyrrole nitrogens is 1. The van der Waals surface area contributed by atoms with E-state index in [-0.39, 0.29) is 11.4 Å². The highest BCUT2D eigenvalue weighted by Crippen LogP contribution is 2.31. The molecule has 0 radical (unpaired) electrons. The zero-order chi connectivity index (χ0) is 16.4. The van der Waals surface area contributed by atoms with E-state index in [0.29, 0.717) is 22.4 Å². The molecule has 3 aromatic rings. The van der Waals surface area contributed by atoms with Gasteiger partial charge in [0.05, 0.1) is 5.69 Å². The van der Waals surface area contributed by atoms with Gasteiger partial charge in [-0.1, -0.05) is 24.3 Å². The van der Waals surface area contributed by atoms with E-state index in [1.54, 1.807) is 12.3 Å². The van der Waals surface area contributed by atoms with Crippen LogP contribution in [0.2, 0.25) is 0 Å². The Hall–Kier alpha value is -3.39. The van der Waals surface area contributed by atoms with Crippen LogP contribution in [0.4, 0.5) is 5.82 Å². The zero-order valence-electron chi connectivity index (χ0n) is 12.5. The second-order valence-electron chi connectivity index (χ2n) is 5.18. The van der Waals surface area contributed by atoms with Gasteiger partial charge < -0.3 is 10.7 Å². The zero-order valence-corrected chi connectivity index (χ0v) is 12.5. The highest BCUT2D eigenvalue weighted by atomic mass is 16.1. The van der Waals surface area contributed by atoms with E-state index in [1.165, 1.54) is 6.07 Å². The molecule has 0 atom stereocenters. The van der Waals surface area contributed by atoms with Crippen LogP contribution in [0.15, 0.2) is 53.5 Å². The lowest BCUT2D eigenvalue weighted by Gasteiger charge is -2.11. The predicted octanol–water partition coefficient (Wildman–Crippen LogP) is 2.87. The van der Waals surface area contributed by atoms with Crippen LogP contribution < -0.4 is 11.3 Å². The maximum Gasteiger partial charge on any atom is 0.247 e. The molecule has 0 aliphatic rings. The number of aromatic nitrogens is 2. The SMILES string of the molecule is Cc1ccccc1-c1cc(-c2ccc(=O)[nH]c2)c(C#N)c(N)n1. The number of aromatic amines is 1. The molecule has 0 amide bonds. The summed E-state index contributed by atoms with van der Waals surface area (Å²) in [6.07, 6.45) is 1.57. The highest BCUT2D eigenvalue weighted by Gasteiger charge is 2.14. The number of nitriles is 1. The van der Waals surface area contributed by atoms with Crippen molar-refractivity contribution in [3.05, 3.63) is 70.1 Å².